The zero-order valence-corrected chi connectivity index (χ0v) is 17.7. The van der Waals surface area contributed by atoms with Crippen molar-refractivity contribution in [1.82, 2.24) is 14.5 Å². The van der Waals surface area contributed by atoms with Gasteiger partial charge in [-0.1, -0.05) is 25.1 Å². The molecule has 1 aromatic heterocycles. The number of hydrogen-bond acceptors (Lipinski definition) is 2. The maximum atomic E-state index is 13.2. The Hall–Kier alpha value is -1.89. The summed E-state index contributed by atoms with van der Waals surface area (Å²) in [5.74, 6) is 1.73. The van der Waals surface area contributed by atoms with E-state index in [1.54, 1.807) is 0 Å². The third-order valence-electron chi connectivity index (χ3n) is 5.05. The molecule has 27 heavy (non-hydrogen) atoms. The fourth-order valence-corrected chi connectivity index (χ4v) is 4.07. The van der Waals surface area contributed by atoms with Crippen LogP contribution < -0.4 is 0 Å². The van der Waals surface area contributed by atoms with Crippen molar-refractivity contribution < 1.29 is 4.79 Å². The smallest absolute Gasteiger partial charge is 0.254 e. The van der Waals surface area contributed by atoms with E-state index in [0.29, 0.717) is 12.5 Å². The molecule has 0 saturated heterocycles. The summed E-state index contributed by atoms with van der Waals surface area (Å²) in [5.41, 5.74) is 2.93. The van der Waals surface area contributed by atoms with E-state index in [1.165, 1.54) is 12.8 Å². The molecule has 0 bridgehead atoms. The van der Waals surface area contributed by atoms with Gasteiger partial charge in [0.25, 0.3) is 5.91 Å². The number of hydrogen-bond donors (Lipinski definition) is 0. The minimum Gasteiger partial charge on any atom is -0.331 e. The van der Waals surface area contributed by atoms with Crippen LogP contribution >= 0.6 is 22.6 Å². The average Bonchev–Trinajstić information content (AvgIpc) is 3.43. The highest BCUT2D eigenvalue weighted by molar-refractivity contribution is 14.1. The average molecular weight is 473 g/mol. The van der Waals surface area contributed by atoms with Crippen molar-refractivity contribution in [3.8, 4) is 0 Å². The van der Waals surface area contributed by atoms with Gasteiger partial charge in [0.2, 0.25) is 0 Å². The highest BCUT2D eigenvalue weighted by Gasteiger charge is 2.28. The van der Waals surface area contributed by atoms with Crippen LogP contribution in [0, 0.1) is 9.49 Å². The first kappa shape index (κ1) is 18.5. The summed E-state index contributed by atoms with van der Waals surface area (Å²) in [7, 11) is 0. The van der Waals surface area contributed by atoms with Gasteiger partial charge >= 0.3 is 0 Å². The standard InChI is InChI=1S/C22H24IN3O/c1-2-12-26-20-9-4-3-8-19(20)24-21(26)15-25(14-16-10-11-16)22(27)17-6-5-7-18(23)13-17/h3-9,13,16H,2,10-12,14-15H2,1H3. The number of carbonyl (C=O) groups excluding carboxylic acids is 1. The molecule has 1 heterocycles. The molecule has 2 aromatic carbocycles. The Balaban J connectivity index is 1.66. The van der Waals surface area contributed by atoms with Crippen LogP contribution in [-0.4, -0.2) is 26.9 Å². The summed E-state index contributed by atoms with van der Waals surface area (Å²) in [6.07, 6.45) is 3.49. The monoisotopic (exact) mass is 473 g/mol. The Morgan fingerprint density at radius 1 is 1.22 bits per heavy atom. The molecular formula is C22H24IN3O. The summed E-state index contributed by atoms with van der Waals surface area (Å²) >= 11 is 2.26. The fraction of sp³-hybridized carbons (Fsp3) is 0.364. The Bertz CT molecular complexity index is 961. The Morgan fingerprint density at radius 2 is 2.04 bits per heavy atom. The quantitative estimate of drug-likeness (QED) is 0.448. The molecule has 1 saturated carbocycles. The van der Waals surface area contributed by atoms with Crippen LogP contribution in [0.1, 0.15) is 42.4 Å². The second kappa shape index (κ2) is 8.00. The Morgan fingerprint density at radius 3 is 2.78 bits per heavy atom. The van der Waals surface area contributed by atoms with Crippen molar-refractivity contribution in [2.75, 3.05) is 6.54 Å². The van der Waals surface area contributed by atoms with Crippen molar-refractivity contribution in [1.29, 1.82) is 0 Å². The molecule has 1 aliphatic rings. The third kappa shape index (κ3) is 4.18. The lowest BCUT2D eigenvalue weighted by Crippen LogP contribution is -2.33. The van der Waals surface area contributed by atoms with Gasteiger partial charge in [-0.15, -0.1) is 0 Å². The van der Waals surface area contributed by atoms with Crippen LogP contribution in [0.2, 0.25) is 0 Å². The van der Waals surface area contributed by atoms with E-state index in [1.807, 2.05) is 35.2 Å². The van der Waals surface area contributed by atoms with Crippen molar-refractivity contribution in [3.63, 3.8) is 0 Å². The molecule has 140 valence electrons. The van der Waals surface area contributed by atoms with Crippen LogP contribution in [0.15, 0.2) is 48.5 Å². The van der Waals surface area contributed by atoms with Gasteiger partial charge in [-0.3, -0.25) is 4.79 Å². The first-order valence-electron chi connectivity index (χ1n) is 9.64. The molecule has 0 radical (unpaired) electrons. The predicted octanol–water partition coefficient (Wildman–Crippen LogP) is 5.10. The van der Waals surface area contributed by atoms with Crippen molar-refractivity contribution in [3.05, 3.63) is 63.5 Å². The molecular weight excluding hydrogens is 449 g/mol. The first-order valence-corrected chi connectivity index (χ1v) is 10.7. The Kier molecular flexibility index (Phi) is 5.48. The minimum atomic E-state index is 0.107. The van der Waals surface area contributed by atoms with Crippen LogP contribution in [-0.2, 0) is 13.1 Å². The van der Waals surface area contributed by atoms with Gasteiger partial charge in [-0.05, 0) is 78.1 Å². The van der Waals surface area contributed by atoms with Crippen LogP contribution in [0.4, 0.5) is 0 Å². The molecule has 1 fully saturated rings. The van der Waals surface area contributed by atoms with Crippen LogP contribution in [0.5, 0.6) is 0 Å². The summed E-state index contributed by atoms with van der Waals surface area (Å²) in [6, 6.07) is 16.1. The number of carbonyl (C=O) groups is 1. The summed E-state index contributed by atoms with van der Waals surface area (Å²) < 4.78 is 3.36. The molecule has 0 atom stereocenters. The number of rotatable bonds is 7. The lowest BCUT2D eigenvalue weighted by atomic mass is 10.2. The van der Waals surface area contributed by atoms with E-state index >= 15 is 0 Å². The molecule has 1 amide bonds. The van der Waals surface area contributed by atoms with E-state index in [2.05, 4.69) is 52.3 Å². The van der Waals surface area contributed by atoms with Gasteiger partial charge in [0, 0.05) is 22.2 Å². The molecule has 0 N–H and O–H groups in total. The van der Waals surface area contributed by atoms with Crippen LogP contribution in [0.3, 0.4) is 0 Å². The van der Waals surface area contributed by atoms with Crippen LogP contribution in [0.25, 0.3) is 11.0 Å². The fourth-order valence-electron chi connectivity index (χ4n) is 3.53. The highest BCUT2D eigenvalue weighted by Crippen LogP contribution is 2.31. The maximum absolute atomic E-state index is 13.2. The van der Waals surface area contributed by atoms with Gasteiger partial charge in [0.05, 0.1) is 17.6 Å². The third-order valence-corrected chi connectivity index (χ3v) is 5.72. The van der Waals surface area contributed by atoms with Crippen molar-refractivity contribution in [2.45, 2.75) is 39.3 Å². The molecule has 0 aliphatic heterocycles. The van der Waals surface area contributed by atoms with Gasteiger partial charge in [0.1, 0.15) is 5.82 Å². The number of imidazole rings is 1. The normalized spacial score (nSPS) is 13.9. The second-order valence-electron chi connectivity index (χ2n) is 7.31. The molecule has 0 spiro atoms. The first-order chi connectivity index (χ1) is 13.2. The number of nitrogens with zero attached hydrogens (tertiary/aromatic N) is 3. The number of aromatic nitrogens is 2. The molecule has 5 heteroatoms. The number of amides is 1. The number of fused-ring (bicyclic) bond motifs is 1. The summed E-state index contributed by atoms with van der Waals surface area (Å²) in [6.45, 7) is 4.48. The van der Waals surface area contributed by atoms with Crippen molar-refractivity contribution in [2.24, 2.45) is 5.92 Å². The number of aryl methyl sites for hydroxylation is 1. The predicted molar refractivity (Wildman–Crippen MR) is 117 cm³/mol. The molecule has 4 nitrogen and oxygen atoms in total. The van der Waals surface area contributed by atoms with Gasteiger partial charge in [0.15, 0.2) is 0 Å². The van der Waals surface area contributed by atoms with Gasteiger partial charge < -0.3 is 9.47 Å². The molecule has 1 aliphatic carbocycles. The number of benzene rings is 2. The highest BCUT2D eigenvalue weighted by atomic mass is 127. The van der Waals surface area contributed by atoms with Gasteiger partial charge in [-0.25, -0.2) is 4.98 Å². The van der Waals surface area contributed by atoms with E-state index in [-0.39, 0.29) is 5.91 Å². The molecule has 0 unspecified atom stereocenters. The second-order valence-corrected chi connectivity index (χ2v) is 8.55. The summed E-state index contributed by atoms with van der Waals surface area (Å²) in [5, 5.41) is 0. The topological polar surface area (TPSA) is 38.1 Å². The van der Waals surface area contributed by atoms with E-state index < -0.39 is 0 Å². The van der Waals surface area contributed by atoms with Gasteiger partial charge in [-0.2, -0.15) is 0 Å². The molecule has 3 aromatic rings. The van der Waals surface area contributed by atoms with Crippen molar-refractivity contribution >= 4 is 39.5 Å². The zero-order valence-electron chi connectivity index (χ0n) is 15.6. The minimum absolute atomic E-state index is 0.107. The SMILES string of the molecule is CCCn1c(CN(CC2CC2)C(=O)c2cccc(I)c2)nc2ccccc21. The lowest BCUT2D eigenvalue weighted by molar-refractivity contribution is 0.0728. The van der Waals surface area contributed by atoms with E-state index in [4.69, 9.17) is 4.98 Å². The van der Waals surface area contributed by atoms with E-state index in [0.717, 1.165) is 45.5 Å². The summed E-state index contributed by atoms with van der Waals surface area (Å²) in [4.78, 5) is 20.1. The zero-order chi connectivity index (χ0) is 18.8. The number of halogens is 1. The molecule has 4 rings (SSSR count). The Labute approximate surface area is 173 Å². The lowest BCUT2D eigenvalue weighted by Gasteiger charge is -2.23. The largest absolute Gasteiger partial charge is 0.331 e. The number of para-hydroxylation sites is 2. The van der Waals surface area contributed by atoms with E-state index in [9.17, 15) is 4.79 Å². The maximum Gasteiger partial charge on any atom is 0.254 e.